The first-order valence-corrected chi connectivity index (χ1v) is 5.95. The van der Waals surface area contributed by atoms with Crippen molar-refractivity contribution in [3.05, 3.63) is 39.4 Å². The molecule has 1 rings (SSSR count). The predicted molar refractivity (Wildman–Crippen MR) is 69.0 cm³/mol. The van der Waals surface area contributed by atoms with Gasteiger partial charge in [-0.05, 0) is 31.9 Å². The van der Waals surface area contributed by atoms with E-state index in [-0.39, 0.29) is 10.6 Å². The molecule has 1 N–H and O–H groups in total. The first-order chi connectivity index (χ1) is 8.00. The van der Waals surface area contributed by atoms with Crippen LogP contribution < -0.4 is 5.32 Å². The maximum absolute atomic E-state index is 10.9. The molecule has 0 unspecified atom stereocenters. The number of benzene rings is 1. The highest BCUT2D eigenvalue weighted by Gasteiger charge is 2.12. The van der Waals surface area contributed by atoms with Crippen molar-refractivity contribution in [1.29, 1.82) is 0 Å². The van der Waals surface area contributed by atoms with Crippen LogP contribution in [0, 0.1) is 23.0 Å². The maximum atomic E-state index is 10.9. The van der Waals surface area contributed by atoms with Crippen molar-refractivity contribution in [1.82, 2.24) is 5.32 Å². The molecule has 94 valence electrons. The second-order valence-corrected chi connectivity index (χ2v) is 4.75. The summed E-state index contributed by atoms with van der Waals surface area (Å²) in [5.41, 5.74) is 2.02. The number of aryl methyl sites for hydroxylation is 1. The van der Waals surface area contributed by atoms with Gasteiger partial charge in [0.25, 0.3) is 5.69 Å². The van der Waals surface area contributed by atoms with Crippen LogP contribution >= 0.6 is 0 Å². The topological polar surface area (TPSA) is 55.2 Å². The van der Waals surface area contributed by atoms with Crippen LogP contribution in [0.4, 0.5) is 5.69 Å². The fraction of sp³-hybridized carbons (Fsp3) is 0.538. The summed E-state index contributed by atoms with van der Waals surface area (Å²) < 4.78 is 0. The minimum absolute atomic E-state index is 0.202. The molecule has 0 spiro atoms. The summed E-state index contributed by atoms with van der Waals surface area (Å²) in [7, 11) is 0. The van der Waals surface area contributed by atoms with Gasteiger partial charge in [-0.2, -0.15) is 0 Å². The molecule has 4 nitrogen and oxygen atoms in total. The number of hydrogen-bond acceptors (Lipinski definition) is 3. The second kappa shape index (κ2) is 6.35. The van der Waals surface area contributed by atoms with E-state index < -0.39 is 0 Å². The number of hydrogen-bond donors (Lipinski definition) is 1. The van der Waals surface area contributed by atoms with Crippen molar-refractivity contribution in [3.8, 4) is 0 Å². The smallest absolute Gasteiger partial charge is 0.273 e. The highest BCUT2D eigenvalue weighted by molar-refractivity contribution is 5.42. The number of nitrogens with zero attached hydrogens (tertiary/aromatic N) is 1. The Labute approximate surface area is 102 Å². The van der Waals surface area contributed by atoms with Gasteiger partial charge in [-0.15, -0.1) is 0 Å². The van der Waals surface area contributed by atoms with Gasteiger partial charge in [0.05, 0.1) is 4.92 Å². The normalized spacial score (nSPS) is 10.8. The first kappa shape index (κ1) is 13.6. The Hall–Kier alpha value is -1.42. The van der Waals surface area contributed by atoms with Gasteiger partial charge in [0.1, 0.15) is 0 Å². The molecule has 1 aromatic carbocycles. The number of rotatable bonds is 6. The monoisotopic (exact) mass is 236 g/mol. The molecule has 0 aliphatic rings. The van der Waals surface area contributed by atoms with E-state index in [4.69, 9.17) is 0 Å². The summed E-state index contributed by atoms with van der Waals surface area (Å²) in [5, 5.41) is 14.1. The quantitative estimate of drug-likeness (QED) is 0.469. The molecule has 0 atom stereocenters. The number of nitro groups is 1. The Morgan fingerprint density at radius 1 is 1.41 bits per heavy atom. The molecule has 0 amide bonds. The largest absolute Gasteiger partial charge is 0.312 e. The minimum Gasteiger partial charge on any atom is -0.312 e. The zero-order valence-corrected chi connectivity index (χ0v) is 10.7. The van der Waals surface area contributed by atoms with Crippen LogP contribution in [0.3, 0.4) is 0 Å². The summed E-state index contributed by atoms with van der Waals surface area (Å²) in [6, 6.07) is 5.23. The summed E-state index contributed by atoms with van der Waals surface area (Å²) >= 11 is 0. The van der Waals surface area contributed by atoms with E-state index in [1.165, 1.54) is 0 Å². The Kier molecular flexibility index (Phi) is 5.10. The van der Waals surface area contributed by atoms with Crippen molar-refractivity contribution in [2.75, 3.05) is 6.54 Å². The highest BCUT2D eigenvalue weighted by atomic mass is 16.6. The zero-order valence-electron chi connectivity index (χ0n) is 10.7. The van der Waals surface area contributed by atoms with E-state index in [1.807, 2.05) is 13.0 Å². The number of nitro benzene ring substituents is 1. The van der Waals surface area contributed by atoms with Crippen LogP contribution in [0.1, 0.15) is 31.4 Å². The lowest BCUT2D eigenvalue weighted by molar-refractivity contribution is -0.385. The van der Waals surface area contributed by atoms with E-state index in [0.717, 1.165) is 24.1 Å². The third-order valence-corrected chi connectivity index (χ3v) is 2.65. The molecule has 0 bridgehead atoms. The van der Waals surface area contributed by atoms with Gasteiger partial charge in [-0.25, -0.2) is 0 Å². The Balaban J connectivity index is 2.62. The molecule has 0 aromatic heterocycles. The lowest BCUT2D eigenvalue weighted by atomic mass is 10.1. The van der Waals surface area contributed by atoms with Crippen LogP contribution in [-0.4, -0.2) is 11.5 Å². The van der Waals surface area contributed by atoms with E-state index in [2.05, 4.69) is 19.2 Å². The summed E-state index contributed by atoms with van der Waals surface area (Å²) in [5.74, 6) is 0.648. The molecule has 0 aliphatic heterocycles. The molecule has 0 heterocycles. The van der Waals surface area contributed by atoms with Crippen LogP contribution in [0.25, 0.3) is 0 Å². The summed E-state index contributed by atoms with van der Waals surface area (Å²) in [4.78, 5) is 10.5. The molecule has 4 heteroatoms. The number of nitrogens with one attached hydrogen (secondary N) is 1. The predicted octanol–water partition coefficient (Wildman–Crippen LogP) is 3.04. The van der Waals surface area contributed by atoms with Crippen LogP contribution in [-0.2, 0) is 6.54 Å². The molecule has 0 radical (unpaired) electrons. The van der Waals surface area contributed by atoms with Gasteiger partial charge in [-0.1, -0.05) is 25.5 Å². The molecule has 0 fully saturated rings. The zero-order chi connectivity index (χ0) is 12.8. The van der Waals surface area contributed by atoms with Crippen molar-refractivity contribution < 1.29 is 4.92 Å². The summed E-state index contributed by atoms with van der Waals surface area (Å²) in [6.07, 6.45) is 1.08. The minimum atomic E-state index is -0.321. The van der Waals surface area contributed by atoms with Crippen molar-refractivity contribution in [2.24, 2.45) is 5.92 Å². The Bertz CT molecular complexity index is 389. The third kappa shape index (κ3) is 4.53. The van der Waals surface area contributed by atoms with Crippen LogP contribution in [0.2, 0.25) is 0 Å². The van der Waals surface area contributed by atoms with Crippen molar-refractivity contribution in [2.45, 2.75) is 33.7 Å². The summed E-state index contributed by atoms with van der Waals surface area (Å²) in [6.45, 7) is 7.72. The Morgan fingerprint density at radius 3 is 2.71 bits per heavy atom. The lowest BCUT2D eigenvalue weighted by Gasteiger charge is -2.08. The Morgan fingerprint density at radius 2 is 2.12 bits per heavy atom. The van der Waals surface area contributed by atoms with Crippen molar-refractivity contribution >= 4 is 5.69 Å². The average molecular weight is 236 g/mol. The maximum Gasteiger partial charge on any atom is 0.273 e. The third-order valence-electron chi connectivity index (χ3n) is 2.65. The average Bonchev–Trinajstić information content (AvgIpc) is 2.23. The van der Waals surface area contributed by atoms with Gasteiger partial charge >= 0.3 is 0 Å². The van der Waals surface area contributed by atoms with Gasteiger partial charge in [0.15, 0.2) is 0 Å². The SMILES string of the molecule is Cc1ccc([N+](=O)[O-])c(CNCCC(C)C)c1. The standard InChI is InChI=1S/C13H20N2O2/c1-10(2)6-7-14-9-12-8-11(3)4-5-13(12)15(16)17/h4-5,8,10,14H,6-7,9H2,1-3H3. The van der Waals surface area contributed by atoms with E-state index in [1.54, 1.807) is 12.1 Å². The fourth-order valence-corrected chi connectivity index (χ4v) is 1.65. The molecule has 0 saturated carbocycles. The molecule has 0 saturated heterocycles. The fourth-order valence-electron chi connectivity index (χ4n) is 1.65. The van der Waals surface area contributed by atoms with Gasteiger partial charge in [-0.3, -0.25) is 10.1 Å². The van der Waals surface area contributed by atoms with E-state index >= 15 is 0 Å². The van der Waals surface area contributed by atoms with Crippen LogP contribution in [0.15, 0.2) is 18.2 Å². The lowest BCUT2D eigenvalue weighted by Crippen LogP contribution is -2.17. The van der Waals surface area contributed by atoms with E-state index in [9.17, 15) is 10.1 Å². The molecular weight excluding hydrogens is 216 g/mol. The second-order valence-electron chi connectivity index (χ2n) is 4.75. The van der Waals surface area contributed by atoms with Gasteiger partial charge in [0.2, 0.25) is 0 Å². The molecule has 1 aromatic rings. The van der Waals surface area contributed by atoms with Crippen LogP contribution in [0.5, 0.6) is 0 Å². The van der Waals surface area contributed by atoms with Gasteiger partial charge < -0.3 is 5.32 Å². The van der Waals surface area contributed by atoms with Gasteiger partial charge in [0, 0.05) is 18.2 Å². The molecule has 0 aliphatic carbocycles. The first-order valence-electron chi connectivity index (χ1n) is 5.95. The molecule has 17 heavy (non-hydrogen) atoms. The highest BCUT2D eigenvalue weighted by Crippen LogP contribution is 2.19. The van der Waals surface area contributed by atoms with E-state index in [0.29, 0.717) is 12.5 Å². The molecular formula is C13H20N2O2. The van der Waals surface area contributed by atoms with Crippen molar-refractivity contribution in [3.63, 3.8) is 0 Å².